The summed E-state index contributed by atoms with van der Waals surface area (Å²) >= 11 is 16.7. The minimum atomic E-state index is -1.60. The summed E-state index contributed by atoms with van der Waals surface area (Å²) in [6.45, 7) is 3.90. The van der Waals surface area contributed by atoms with Gasteiger partial charge in [0, 0.05) is 42.5 Å². The first-order valence-corrected chi connectivity index (χ1v) is 27.4. The first-order chi connectivity index (χ1) is 35.7. The minimum Gasteiger partial charge on any atom is -0.480 e. The lowest BCUT2D eigenvalue weighted by Gasteiger charge is -2.31. The first-order valence-electron chi connectivity index (χ1n) is 24.8. The average Bonchev–Trinajstić information content (AvgIpc) is 4.10. The van der Waals surface area contributed by atoms with Crippen molar-refractivity contribution >= 4 is 116 Å². The van der Waals surface area contributed by atoms with Crippen LogP contribution in [0.15, 0.2) is 30.3 Å². The standard InChI is InChI=1S/C47H74N12O12S4/c1-3-25(2)37(47(70)71)57-40(63)29(19-26-11-5-4-6-12-26)52-41(64)31(22-73)54-42(65)32(23-74)55-44(67)35-15-9-17-58(35)45(68)28(13-7-8-16-48)51-39(62)30(20-36(50)60)53-43(66)34-14-10-18-59(34)46(69)33(24-75)56-38(61)27(49)21-72/h4-6,11-12,25,27-35,37,72-75H,3,7-10,13-24,48-49H2,1-2H3,(H2,50,60)(H,51,62)(H,52,64)(H,53,66)(H,54,65)(H,55,67)(H,56,61)(H,57,63)(H,70,71)/t25-,27-,28-,29-,30-,31-,32-,33-,34-,35-,37-/m0/s1. The summed E-state index contributed by atoms with van der Waals surface area (Å²) < 4.78 is 0. The van der Waals surface area contributed by atoms with Crippen molar-refractivity contribution < 1.29 is 57.8 Å². The number of nitrogens with two attached hydrogens (primary N) is 3. The summed E-state index contributed by atoms with van der Waals surface area (Å²) in [4.78, 5) is 150. The van der Waals surface area contributed by atoms with Crippen molar-refractivity contribution in [1.82, 2.24) is 47.0 Å². The van der Waals surface area contributed by atoms with Crippen molar-refractivity contribution in [2.24, 2.45) is 23.1 Å². The maximum absolute atomic E-state index is 14.4. The van der Waals surface area contributed by atoms with Gasteiger partial charge in [-0.3, -0.25) is 47.9 Å². The van der Waals surface area contributed by atoms with E-state index in [0.29, 0.717) is 37.7 Å². The van der Waals surface area contributed by atoms with Gasteiger partial charge in [-0.05, 0) is 63.0 Å². The lowest BCUT2D eigenvalue weighted by Crippen LogP contribution is -2.61. The maximum Gasteiger partial charge on any atom is 0.326 e. The van der Waals surface area contributed by atoms with E-state index in [-0.39, 0.29) is 68.3 Å². The normalized spacial score (nSPS) is 18.8. The summed E-state index contributed by atoms with van der Waals surface area (Å²) in [6.07, 6.45) is 1.63. The number of hydrogen-bond donors (Lipinski definition) is 15. The molecule has 0 unspecified atom stereocenters. The molecule has 1 aromatic rings. The topological polar surface area (TPSA) is 377 Å². The van der Waals surface area contributed by atoms with Gasteiger partial charge in [-0.15, -0.1) is 0 Å². The molecule has 2 heterocycles. The molecule has 24 nitrogen and oxygen atoms in total. The predicted molar refractivity (Wildman–Crippen MR) is 290 cm³/mol. The van der Waals surface area contributed by atoms with E-state index in [1.165, 1.54) is 9.80 Å². The third kappa shape index (κ3) is 19.3. The molecule has 2 aliphatic rings. The molecule has 0 aromatic heterocycles. The van der Waals surface area contributed by atoms with Crippen LogP contribution in [0.25, 0.3) is 0 Å². The molecule has 2 aliphatic heterocycles. The van der Waals surface area contributed by atoms with Crippen molar-refractivity contribution in [3.05, 3.63) is 35.9 Å². The van der Waals surface area contributed by atoms with Gasteiger partial charge in [-0.1, -0.05) is 50.6 Å². The zero-order valence-corrected chi connectivity index (χ0v) is 45.7. The van der Waals surface area contributed by atoms with Gasteiger partial charge in [-0.25, -0.2) is 4.79 Å². The molecule has 2 fully saturated rings. The summed E-state index contributed by atoms with van der Waals surface area (Å²) in [5.74, 6) is -10.2. The highest BCUT2D eigenvalue weighted by atomic mass is 32.1. The zero-order valence-electron chi connectivity index (χ0n) is 42.1. The van der Waals surface area contributed by atoms with E-state index in [9.17, 15) is 57.8 Å². The molecule has 2 saturated heterocycles. The number of likely N-dealkylation sites (tertiary alicyclic amines) is 2. The van der Waals surface area contributed by atoms with E-state index in [4.69, 9.17) is 17.2 Å². The van der Waals surface area contributed by atoms with Crippen LogP contribution in [0.3, 0.4) is 0 Å². The Morgan fingerprint density at radius 3 is 1.59 bits per heavy atom. The van der Waals surface area contributed by atoms with Crippen LogP contribution in [0.5, 0.6) is 0 Å². The molecule has 1 aromatic carbocycles. The lowest BCUT2D eigenvalue weighted by molar-refractivity contribution is -0.144. The Balaban J connectivity index is 1.76. The van der Waals surface area contributed by atoms with Crippen LogP contribution < -0.4 is 54.4 Å². The van der Waals surface area contributed by atoms with Gasteiger partial charge in [0.1, 0.15) is 54.4 Å². The molecule has 0 bridgehead atoms. The van der Waals surface area contributed by atoms with Crippen LogP contribution in [0.1, 0.15) is 77.2 Å². The number of unbranched alkanes of at least 4 members (excludes halogenated alkanes) is 1. The highest BCUT2D eigenvalue weighted by molar-refractivity contribution is 7.80. The van der Waals surface area contributed by atoms with Gasteiger partial charge in [0.05, 0.1) is 12.5 Å². The third-order valence-corrected chi connectivity index (χ3v) is 14.4. The smallest absolute Gasteiger partial charge is 0.326 e. The largest absolute Gasteiger partial charge is 0.480 e. The number of amides is 10. The number of aliphatic carboxylic acids is 1. The van der Waals surface area contributed by atoms with Crippen molar-refractivity contribution in [3.63, 3.8) is 0 Å². The van der Waals surface area contributed by atoms with Crippen molar-refractivity contribution in [3.8, 4) is 0 Å². The van der Waals surface area contributed by atoms with Crippen LogP contribution in [-0.4, -0.2) is 183 Å². The summed E-state index contributed by atoms with van der Waals surface area (Å²) in [7, 11) is 0. The predicted octanol–water partition coefficient (Wildman–Crippen LogP) is -3.21. The molecule has 0 saturated carbocycles. The van der Waals surface area contributed by atoms with E-state index in [1.54, 1.807) is 44.2 Å². The molecule has 418 valence electrons. The highest BCUT2D eigenvalue weighted by Crippen LogP contribution is 2.22. The molecule has 3 rings (SSSR count). The van der Waals surface area contributed by atoms with E-state index >= 15 is 0 Å². The van der Waals surface area contributed by atoms with Gasteiger partial charge < -0.3 is 69.3 Å². The Labute approximate surface area is 458 Å². The summed E-state index contributed by atoms with van der Waals surface area (Å²) in [5, 5.41) is 27.7. The number of carboxylic acid groups (broad SMARTS) is 1. The second kappa shape index (κ2) is 32.3. The van der Waals surface area contributed by atoms with Crippen molar-refractivity contribution in [2.45, 2.75) is 138 Å². The maximum atomic E-state index is 14.4. The zero-order chi connectivity index (χ0) is 55.9. The number of nitrogens with zero attached hydrogens (tertiary/aromatic N) is 2. The second-order valence-corrected chi connectivity index (χ2v) is 19.9. The van der Waals surface area contributed by atoms with Gasteiger partial charge in [0.2, 0.25) is 59.1 Å². The molecule has 10 amide bonds. The second-order valence-electron chi connectivity index (χ2n) is 18.4. The first kappa shape index (κ1) is 64.0. The van der Waals surface area contributed by atoms with Crippen molar-refractivity contribution in [2.75, 3.05) is 42.6 Å². The SMILES string of the molecule is CC[C@H](C)[C@H](NC(=O)[C@H](Cc1ccccc1)NC(=O)[C@H](CS)NC(=O)[C@H](CS)NC(=O)[C@@H]1CCCN1C(=O)[C@H](CCCCN)NC(=O)[C@H](CC(N)=O)NC(=O)[C@@H]1CCCN1C(=O)[C@H](CS)NC(=O)[C@@H](N)CS)C(=O)O. The van der Waals surface area contributed by atoms with E-state index in [0.717, 1.165) is 0 Å². The van der Waals surface area contributed by atoms with Gasteiger partial charge in [0.25, 0.3) is 0 Å². The number of hydrogen-bond acceptors (Lipinski definition) is 17. The Kier molecular flexibility index (Phi) is 27.6. The molecule has 28 heteroatoms. The van der Waals surface area contributed by atoms with Crippen LogP contribution in [0.4, 0.5) is 0 Å². The van der Waals surface area contributed by atoms with E-state index < -0.39 is 138 Å². The number of thiol groups is 4. The molecular formula is C47H74N12O12S4. The number of carbonyl (C=O) groups is 11. The highest BCUT2D eigenvalue weighted by Gasteiger charge is 2.42. The molecule has 0 radical (unpaired) electrons. The summed E-state index contributed by atoms with van der Waals surface area (Å²) in [6, 6.07) is -3.85. The number of primary amides is 1. The molecular weight excluding hydrogens is 1050 g/mol. The van der Waals surface area contributed by atoms with Gasteiger partial charge in [0.15, 0.2) is 0 Å². The Morgan fingerprint density at radius 2 is 1.09 bits per heavy atom. The fourth-order valence-electron chi connectivity index (χ4n) is 8.45. The Bertz CT molecular complexity index is 2170. The van der Waals surface area contributed by atoms with Gasteiger partial charge in [-0.2, -0.15) is 50.5 Å². The molecule has 11 atom stereocenters. The third-order valence-electron chi connectivity index (χ3n) is 12.9. The quantitative estimate of drug-likeness (QED) is 0.0257. The minimum absolute atomic E-state index is 0.00771. The number of carboxylic acids is 1. The number of carbonyl (C=O) groups excluding carboxylic acids is 10. The van der Waals surface area contributed by atoms with Crippen LogP contribution in [-0.2, 0) is 59.2 Å². The molecule has 0 aliphatic carbocycles. The summed E-state index contributed by atoms with van der Waals surface area (Å²) in [5.41, 5.74) is 17.7. The van der Waals surface area contributed by atoms with Crippen LogP contribution in [0.2, 0.25) is 0 Å². The van der Waals surface area contributed by atoms with Gasteiger partial charge >= 0.3 is 5.97 Å². The van der Waals surface area contributed by atoms with Crippen LogP contribution in [0, 0.1) is 5.92 Å². The number of benzene rings is 1. The average molecular weight is 1130 g/mol. The molecule has 0 spiro atoms. The fourth-order valence-corrected chi connectivity index (χ4v) is 9.38. The monoisotopic (exact) mass is 1130 g/mol. The number of nitrogens with one attached hydrogen (secondary N) is 7. The molecule has 75 heavy (non-hydrogen) atoms. The lowest BCUT2D eigenvalue weighted by atomic mass is 9.98. The Hall–Kier alpha value is -5.29. The Morgan fingerprint density at radius 1 is 0.627 bits per heavy atom. The van der Waals surface area contributed by atoms with E-state index in [1.807, 2.05) is 0 Å². The molecule has 14 N–H and O–H groups in total. The fraction of sp³-hybridized carbons (Fsp3) is 0.638. The van der Waals surface area contributed by atoms with Crippen molar-refractivity contribution in [1.29, 1.82) is 0 Å². The van der Waals surface area contributed by atoms with E-state index in [2.05, 4.69) is 87.7 Å². The van der Waals surface area contributed by atoms with Crippen LogP contribution >= 0.6 is 50.5 Å². The number of rotatable bonds is 31.